The fourth-order valence-corrected chi connectivity index (χ4v) is 5.11. The molecule has 0 spiro atoms. The molecule has 112 valence electrons. The maximum atomic E-state index is 11.1. The van der Waals surface area contributed by atoms with Crippen molar-refractivity contribution in [1.82, 2.24) is 14.8 Å². The molecule has 4 nitrogen and oxygen atoms in total. The second kappa shape index (κ2) is 5.11. The molecular weight excluding hydrogens is 435 g/mol. The first-order chi connectivity index (χ1) is 9.27. The lowest BCUT2D eigenvalue weighted by molar-refractivity contribution is -0.00288. The Hall–Kier alpha value is 0.700. The van der Waals surface area contributed by atoms with Crippen LogP contribution in [0.4, 0.5) is 0 Å². The minimum absolute atomic E-state index is 0.250. The highest BCUT2D eigenvalue weighted by Gasteiger charge is 2.65. The van der Waals surface area contributed by atoms with Crippen molar-refractivity contribution in [3.63, 3.8) is 0 Å². The molecule has 2 aliphatic rings. The van der Waals surface area contributed by atoms with Crippen molar-refractivity contribution in [1.29, 1.82) is 0 Å². The summed E-state index contributed by atoms with van der Waals surface area (Å²) in [5.74, 6) is 0.250. The third-order valence-electron chi connectivity index (χ3n) is 4.34. The van der Waals surface area contributed by atoms with Crippen LogP contribution in [0.25, 0.3) is 0 Å². The van der Waals surface area contributed by atoms with Gasteiger partial charge >= 0.3 is 0 Å². The SMILES string of the molecule is OC(CC[C@H]1CC1(Cl)Cl)(Cn1cncn1)C1(Cl)CC1I. The molecule has 4 atom stereocenters. The van der Waals surface area contributed by atoms with Crippen LogP contribution in [0.15, 0.2) is 12.7 Å². The lowest BCUT2D eigenvalue weighted by atomic mass is 9.90. The van der Waals surface area contributed by atoms with Gasteiger partial charge in [-0.05, 0) is 31.6 Å². The van der Waals surface area contributed by atoms with Crippen molar-refractivity contribution in [3.8, 4) is 0 Å². The summed E-state index contributed by atoms with van der Waals surface area (Å²) in [4.78, 5) is 3.32. The van der Waals surface area contributed by atoms with E-state index in [0.717, 1.165) is 19.3 Å². The summed E-state index contributed by atoms with van der Waals surface area (Å²) in [7, 11) is 0. The molecule has 8 heteroatoms. The Kier molecular flexibility index (Phi) is 3.99. The number of aliphatic hydroxyl groups is 1. The van der Waals surface area contributed by atoms with E-state index in [1.54, 1.807) is 11.0 Å². The minimum Gasteiger partial charge on any atom is -0.386 e. The molecule has 3 unspecified atom stereocenters. The quantitative estimate of drug-likeness (QED) is 0.535. The Bertz CT molecular complexity index is 500. The third-order valence-corrected chi connectivity index (χ3v) is 7.91. The van der Waals surface area contributed by atoms with Crippen LogP contribution in [0.1, 0.15) is 25.7 Å². The molecule has 3 rings (SSSR count). The summed E-state index contributed by atoms with van der Waals surface area (Å²) < 4.78 is 1.29. The average Bonchev–Trinajstić information content (AvgIpc) is 3.04. The Morgan fingerprint density at radius 3 is 2.50 bits per heavy atom. The van der Waals surface area contributed by atoms with Gasteiger partial charge < -0.3 is 5.11 Å². The molecule has 0 bridgehead atoms. The van der Waals surface area contributed by atoms with Crippen LogP contribution in [0, 0.1) is 5.92 Å². The fourth-order valence-electron chi connectivity index (χ4n) is 2.68. The van der Waals surface area contributed by atoms with Crippen LogP contribution < -0.4 is 0 Å². The standard InChI is InChI=1S/C12H15Cl3IN3O/c13-11(4-9(11)16)10(20,5-19-7-17-6-18-19)2-1-8-3-12(8,14)15/h6-9,20H,1-5H2/t8-,9?,10?,11?/m0/s1. The Morgan fingerprint density at radius 1 is 1.40 bits per heavy atom. The van der Waals surface area contributed by atoms with E-state index in [0.29, 0.717) is 13.0 Å². The highest BCUT2D eigenvalue weighted by molar-refractivity contribution is 14.1. The maximum Gasteiger partial charge on any atom is 0.137 e. The van der Waals surface area contributed by atoms with E-state index in [1.807, 2.05) is 0 Å². The predicted octanol–water partition coefficient (Wildman–Crippen LogP) is 3.17. The number of halogens is 4. The Balaban J connectivity index is 1.70. The molecule has 1 heterocycles. The third kappa shape index (κ3) is 2.81. The smallest absolute Gasteiger partial charge is 0.137 e. The van der Waals surface area contributed by atoms with E-state index >= 15 is 0 Å². The molecule has 0 saturated heterocycles. The highest BCUT2D eigenvalue weighted by atomic mass is 127. The summed E-state index contributed by atoms with van der Waals surface area (Å²) >= 11 is 21.0. The number of nitrogens with zero attached hydrogens (tertiary/aromatic N) is 3. The minimum atomic E-state index is -1.01. The van der Waals surface area contributed by atoms with Gasteiger partial charge in [0.25, 0.3) is 0 Å². The van der Waals surface area contributed by atoms with Crippen LogP contribution >= 0.6 is 57.4 Å². The van der Waals surface area contributed by atoms with Gasteiger partial charge in [0.05, 0.1) is 11.4 Å². The van der Waals surface area contributed by atoms with Gasteiger partial charge in [0.15, 0.2) is 0 Å². The molecule has 0 aromatic carbocycles. The molecule has 2 fully saturated rings. The molecule has 1 aromatic heterocycles. The van der Waals surface area contributed by atoms with Gasteiger partial charge in [0.2, 0.25) is 0 Å². The summed E-state index contributed by atoms with van der Waals surface area (Å²) in [6, 6.07) is 0. The van der Waals surface area contributed by atoms with Crippen LogP contribution in [-0.4, -0.2) is 38.6 Å². The van der Waals surface area contributed by atoms with Crippen molar-refractivity contribution >= 4 is 57.4 Å². The lowest BCUT2D eigenvalue weighted by Crippen LogP contribution is -2.46. The number of aromatic nitrogens is 3. The normalized spacial score (nSPS) is 37.5. The van der Waals surface area contributed by atoms with Crippen molar-refractivity contribution < 1.29 is 5.11 Å². The van der Waals surface area contributed by atoms with Crippen LogP contribution in [0.3, 0.4) is 0 Å². The van der Waals surface area contributed by atoms with Crippen molar-refractivity contribution in [3.05, 3.63) is 12.7 Å². The zero-order valence-corrected chi connectivity index (χ0v) is 15.1. The molecule has 0 aliphatic heterocycles. The van der Waals surface area contributed by atoms with Gasteiger partial charge in [-0.3, -0.25) is 4.68 Å². The number of hydrogen-bond acceptors (Lipinski definition) is 3. The summed E-state index contributed by atoms with van der Waals surface area (Å²) in [6.07, 6.45) is 5.99. The number of hydrogen-bond donors (Lipinski definition) is 1. The van der Waals surface area contributed by atoms with Gasteiger partial charge in [0.1, 0.15) is 22.6 Å². The molecule has 2 aliphatic carbocycles. The van der Waals surface area contributed by atoms with Gasteiger partial charge in [-0.2, -0.15) is 5.10 Å². The van der Waals surface area contributed by atoms with Gasteiger partial charge in [-0.15, -0.1) is 34.8 Å². The Morgan fingerprint density at radius 2 is 2.05 bits per heavy atom. The second-order valence-electron chi connectivity index (χ2n) is 5.86. The predicted molar refractivity (Wildman–Crippen MR) is 87.8 cm³/mol. The maximum absolute atomic E-state index is 11.1. The van der Waals surface area contributed by atoms with Crippen molar-refractivity contribution in [2.75, 3.05) is 0 Å². The summed E-state index contributed by atoms with van der Waals surface area (Å²) in [6.45, 7) is 0.348. The lowest BCUT2D eigenvalue weighted by Gasteiger charge is -2.33. The number of alkyl halides is 4. The van der Waals surface area contributed by atoms with Crippen LogP contribution in [0.5, 0.6) is 0 Å². The molecular formula is C12H15Cl3IN3O. The van der Waals surface area contributed by atoms with Gasteiger partial charge in [-0.1, -0.05) is 22.6 Å². The van der Waals surface area contributed by atoms with Crippen molar-refractivity contribution in [2.45, 2.75) is 51.0 Å². The zero-order valence-electron chi connectivity index (χ0n) is 10.6. The summed E-state index contributed by atoms with van der Waals surface area (Å²) in [5, 5.41) is 15.2. The second-order valence-corrected chi connectivity index (χ2v) is 9.58. The van der Waals surface area contributed by atoms with E-state index < -0.39 is 14.8 Å². The van der Waals surface area contributed by atoms with Crippen LogP contribution in [0.2, 0.25) is 0 Å². The van der Waals surface area contributed by atoms with Gasteiger partial charge in [0, 0.05) is 3.92 Å². The first kappa shape index (κ1) is 15.6. The fraction of sp³-hybridized carbons (Fsp3) is 0.833. The van der Waals surface area contributed by atoms with E-state index in [2.05, 4.69) is 32.7 Å². The molecule has 20 heavy (non-hydrogen) atoms. The van der Waals surface area contributed by atoms with Gasteiger partial charge in [-0.25, -0.2) is 4.98 Å². The molecule has 1 N–H and O–H groups in total. The molecule has 0 amide bonds. The molecule has 0 radical (unpaired) electrons. The topological polar surface area (TPSA) is 50.9 Å². The monoisotopic (exact) mass is 449 g/mol. The first-order valence-electron chi connectivity index (χ1n) is 6.52. The molecule has 2 saturated carbocycles. The van der Waals surface area contributed by atoms with Crippen LogP contribution in [-0.2, 0) is 6.54 Å². The van der Waals surface area contributed by atoms with Crippen molar-refractivity contribution in [2.24, 2.45) is 5.92 Å². The summed E-state index contributed by atoms with van der Waals surface area (Å²) in [5.41, 5.74) is -1.01. The van der Waals surface area contributed by atoms with E-state index in [1.165, 1.54) is 6.33 Å². The van der Waals surface area contributed by atoms with E-state index in [4.69, 9.17) is 34.8 Å². The average molecular weight is 451 g/mol. The number of rotatable bonds is 6. The van der Waals surface area contributed by atoms with E-state index in [-0.39, 0.29) is 9.84 Å². The zero-order chi connectivity index (χ0) is 14.6. The molecule has 1 aromatic rings. The van der Waals surface area contributed by atoms with E-state index in [9.17, 15) is 5.11 Å². The largest absolute Gasteiger partial charge is 0.386 e. The Labute approximate surface area is 146 Å². The highest BCUT2D eigenvalue weighted by Crippen LogP contribution is 2.60. The first-order valence-corrected chi connectivity index (χ1v) is 8.90.